The van der Waals surface area contributed by atoms with Crippen LogP contribution in [0.4, 0.5) is 0 Å². The first kappa shape index (κ1) is 4.70. The second-order valence-electron chi connectivity index (χ2n) is 2.26. The van der Waals surface area contributed by atoms with E-state index in [0.29, 0.717) is 6.04 Å². The Kier molecular flexibility index (Phi) is 0.835. The third kappa shape index (κ3) is 0.485. The second kappa shape index (κ2) is 1.42. The molecule has 2 atom stereocenters. The average Bonchev–Trinajstić information content (AvgIpc) is 2.23. The van der Waals surface area contributed by atoms with Crippen molar-refractivity contribution in [1.29, 1.82) is 0 Å². The molecule has 8 heavy (non-hydrogen) atoms. The third-order valence-electron chi connectivity index (χ3n) is 1.64. The SMILES string of the molecule is S=C1NC2COC1C2. The molecule has 2 rings (SSSR count). The predicted molar refractivity (Wildman–Crippen MR) is 33.9 cm³/mol. The van der Waals surface area contributed by atoms with E-state index in [9.17, 15) is 0 Å². The van der Waals surface area contributed by atoms with Gasteiger partial charge in [-0.3, -0.25) is 0 Å². The molecule has 2 unspecified atom stereocenters. The van der Waals surface area contributed by atoms with Crippen molar-refractivity contribution in [3.8, 4) is 0 Å². The van der Waals surface area contributed by atoms with Gasteiger partial charge >= 0.3 is 0 Å². The molecule has 0 aliphatic carbocycles. The number of nitrogens with one attached hydrogen (secondary N) is 1. The van der Waals surface area contributed by atoms with Crippen LogP contribution in [0, 0.1) is 0 Å². The Balaban J connectivity index is 2.22. The van der Waals surface area contributed by atoms with Crippen molar-refractivity contribution in [2.24, 2.45) is 0 Å². The van der Waals surface area contributed by atoms with Crippen molar-refractivity contribution in [3.05, 3.63) is 0 Å². The number of hydrogen-bond acceptors (Lipinski definition) is 2. The van der Waals surface area contributed by atoms with Crippen molar-refractivity contribution in [1.82, 2.24) is 5.32 Å². The largest absolute Gasteiger partial charge is 0.372 e. The molecule has 1 N–H and O–H groups in total. The van der Waals surface area contributed by atoms with Gasteiger partial charge in [-0.05, 0) is 0 Å². The molecule has 0 spiro atoms. The maximum atomic E-state index is 5.26. The van der Waals surface area contributed by atoms with E-state index in [2.05, 4.69) is 5.32 Å². The summed E-state index contributed by atoms with van der Waals surface area (Å²) >= 11 is 4.93. The standard InChI is InChI=1S/C5H7NOS/c8-5-4-1-3(6-5)2-7-4/h3-4H,1-2H2,(H,6,8). The van der Waals surface area contributed by atoms with Gasteiger partial charge < -0.3 is 10.1 Å². The summed E-state index contributed by atoms with van der Waals surface area (Å²) in [4.78, 5) is 0.904. The van der Waals surface area contributed by atoms with Crippen molar-refractivity contribution in [2.75, 3.05) is 6.61 Å². The summed E-state index contributed by atoms with van der Waals surface area (Å²) in [6, 6.07) is 0.535. The Labute approximate surface area is 53.2 Å². The normalized spacial score (nSPS) is 42.8. The van der Waals surface area contributed by atoms with Crippen molar-refractivity contribution >= 4 is 17.2 Å². The van der Waals surface area contributed by atoms with Gasteiger partial charge in [0, 0.05) is 6.42 Å². The molecule has 2 bridgehead atoms. The maximum absolute atomic E-state index is 5.26. The molecule has 2 heterocycles. The Morgan fingerprint density at radius 1 is 1.75 bits per heavy atom. The first-order valence-electron chi connectivity index (χ1n) is 2.78. The minimum Gasteiger partial charge on any atom is -0.372 e. The summed E-state index contributed by atoms with van der Waals surface area (Å²) in [5, 5.41) is 3.16. The lowest BCUT2D eigenvalue weighted by Gasteiger charge is -2.12. The molecule has 2 saturated heterocycles. The Morgan fingerprint density at radius 2 is 2.62 bits per heavy atom. The van der Waals surface area contributed by atoms with Crippen molar-refractivity contribution in [2.45, 2.75) is 18.6 Å². The highest BCUT2D eigenvalue weighted by Crippen LogP contribution is 2.20. The highest BCUT2D eigenvalue weighted by atomic mass is 32.1. The van der Waals surface area contributed by atoms with Crippen LogP contribution in [0.1, 0.15) is 6.42 Å². The van der Waals surface area contributed by atoms with Crippen LogP contribution in [0.25, 0.3) is 0 Å². The van der Waals surface area contributed by atoms with Crippen LogP contribution in [0.5, 0.6) is 0 Å². The predicted octanol–water partition coefficient (Wildman–Crippen LogP) is 0.0745. The zero-order chi connectivity index (χ0) is 5.56. The van der Waals surface area contributed by atoms with E-state index < -0.39 is 0 Å². The Bertz CT molecular complexity index is 136. The van der Waals surface area contributed by atoms with Crippen LogP contribution in [0.2, 0.25) is 0 Å². The molecule has 0 saturated carbocycles. The van der Waals surface area contributed by atoms with Crippen LogP contribution in [-0.2, 0) is 4.74 Å². The summed E-state index contributed by atoms with van der Waals surface area (Å²) in [7, 11) is 0. The minimum atomic E-state index is 0.259. The quantitative estimate of drug-likeness (QED) is 0.468. The van der Waals surface area contributed by atoms with Crippen LogP contribution < -0.4 is 5.32 Å². The molecule has 2 aliphatic rings. The summed E-state index contributed by atoms with van der Waals surface area (Å²) < 4.78 is 5.26. The van der Waals surface area contributed by atoms with E-state index in [1.54, 1.807) is 0 Å². The fourth-order valence-corrected chi connectivity index (χ4v) is 1.54. The van der Waals surface area contributed by atoms with Crippen molar-refractivity contribution < 1.29 is 4.74 Å². The highest BCUT2D eigenvalue weighted by molar-refractivity contribution is 7.80. The molecule has 0 aromatic heterocycles. The molecule has 2 fully saturated rings. The number of hydrogen-bond donors (Lipinski definition) is 1. The fraction of sp³-hybridized carbons (Fsp3) is 0.800. The van der Waals surface area contributed by atoms with Gasteiger partial charge in [0.2, 0.25) is 0 Å². The molecular weight excluding hydrogens is 122 g/mol. The van der Waals surface area contributed by atoms with Gasteiger partial charge in [-0.1, -0.05) is 12.2 Å². The van der Waals surface area contributed by atoms with Gasteiger partial charge in [-0.2, -0.15) is 0 Å². The van der Waals surface area contributed by atoms with E-state index in [0.717, 1.165) is 18.0 Å². The fourth-order valence-electron chi connectivity index (χ4n) is 1.20. The van der Waals surface area contributed by atoms with E-state index in [1.165, 1.54) is 0 Å². The van der Waals surface area contributed by atoms with Gasteiger partial charge in [-0.15, -0.1) is 0 Å². The molecule has 0 aromatic carbocycles. The molecule has 44 valence electrons. The van der Waals surface area contributed by atoms with Gasteiger partial charge in [-0.25, -0.2) is 0 Å². The first-order valence-corrected chi connectivity index (χ1v) is 3.19. The lowest BCUT2D eigenvalue weighted by atomic mass is 10.3. The molecule has 0 amide bonds. The number of fused-ring (bicyclic) bond motifs is 2. The number of thiocarbonyl (C=S) groups is 1. The number of morpholine rings is 1. The van der Waals surface area contributed by atoms with E-state index in [4.69, 9.17) is 17.0 Å². The summed E-state index contributed by atoms with van der Waals surface area (Å²) in [6.45, 7) is 0.852. The molecule has 3 heteroatoms. The zero-order valence-electron chi connectivity index (χ0n) is 4.39. The maximum Gasteiger partial charge on any atom is 0.110 e. The van der Waals surface area contributed by atoms with E-state index >= 15 is 0 Å². The van der Waals surface area contributed by atoms with Gasteiger partial charge in [0.15, 0.2) is 0 Å². The molecular formula is C5H7NOS. The smallest absolute Gasteiger partial charge is 0.110 e. The highest BCUT2D eigenvalue weighted by Gasteiger charge is 2.35. The third-order valence-corrected chi connectivity index (χ3v) is 2.02. The molecule has 2 aliphatic heterocycles. The molecule has 0 radical (unpaired) electrons. The zero-order valence-corrected chi connectivity index (χ0v) is 5.20. The van der Waals surface area contributed by atoms with Crippen LogP contribution in [0.15, 0.2) is 0 Å². The van der Waals surface area contributed by atoms with Gasteiger partial charge in [0.1, 0.15) is 11.1 Å². The summed E-state index contributed by atoms with van der Waals surface area (Å²) in [6.07, 6.45) is 1.36. The lowest BCUT2D eigenvalue weighted by molar-refractivity contribution is 0.143. The topological polar surface area (TPSA) is 21.3 Å². The van der Waals surface area contributed by atoms with E-state index in [1.807, 2.05) is 0 Å². The van der Waals surface area contributed by atoms with Crippen LogP contribution in [-0.4, -0.2) is 23.7 Å². The Morgan fingerprint density at radius 3 is 2.88 bits per heavy atom. The average molecular weight is 129 g/mol. The first-order chi connectivity index (χ1) is 3.86. The van der Waals surface area contributed by atoms with Gasteiger partial charge in [0.05, 0.1) is 12.6 Å². The summed E-state index contributed by atoms with van der Waals surface area (Å²) in [5.41, 5.74) is 0. The minimum absolute atomic E-state index is 0.259. The lowest BCUT2D eigenvalue weighted by Crippen LogP contribution is -2.35. The molecule has 2 nitrogen and oxygen atoms in total. The monoisotopic (exact) mass is 129 g/mol. The van der Waals surface area contributed by atoms with Crippen LogP contribution in [0.3, 0.4) is 0 Å². The molecule has 0 aromatic rings. The summed E-state index contributed by atoms with van der Waals surface area (Å²) in [5.74, 6) is 0. The second-order valence-corrected chi connectivity index (χ2v) is 2.70. The Hall–Kier alpha value is -0.150. The van der Waals surface area contributed by atoms with Gasteiger partial charge in [0.25, 0.3) is 0 Å². The van der Waals surface area contributed by atoms with Crippen molar-refractivity contribution in [3.63, 3.8) is 0 Å². The van der Waals surface area contributed by atoms with E-state index in [-0.39, 0.29) is 6.10 Å². The number of rotatable bonds is 0. The number of ether oxygens (including phenoxy) is 1. The van der Waals surface area contributed by atoms with Crippen LogP contribution >= 0.6 is 12.2 Å².